The maximum atomic E-state index is 11.9. The molecule has 1 aromatic rings. The Hall–Kier alpha value is -0.490. The van der Waals surface area contributed by atoms with Gasteiger partial charge in [0.05, 0.1) is 20.6 Å². The van der Waals surface area contributed by atoms with Gasteiger partial charge >= 0.3 is 0 Å². The molecule has 0 aliphatic carbocycles. The molecule has 1 rings (SSSR count). The smallest absolute Gasteiger partial charge is 0.261 e. The highest BCUT2D eigenvalue weighted by molar-refractivity contribution is 8.13. The molecule has 0 fully saturated rings. The van der Waals surface area contributed by atoms with Gasteiger partial charge in [0.25, 0.3) is 9.05 Å². The number of carbonyl (C=O) groups is 1. The van der Waals surface area contributed by atoms with Crippen molar-refractivity contribution in [2.24, 2.45) is 5.92 Å². The van der Waals surface area contributed by atoms with Gasteiger partial charge < -0.3 is 5.32 Å². The summed E-state index contributed by atoms with van der Waals surface area (Å²) in [5.41, 5.74) is 0.186. The first-order valence-corrected chi connectivity index (χ1v) is 8.98. The molecule has 112 valence electrons. The Morgan fingerprint density at radius 3 is 2.20 bits per heavy atom. The van der Waals surface area contributed by atoms with Crippen molar-refractivity contribution >= 4 is 54.5 Å². The molecule has 8 heteroatoms. The second-order valence-electron chi connectivity index (χ2n) is 4.38. The van der Waals surface area contributed by atoms with Gasteiger partial charge in [0.15, 0.2) is 0 Å². The Bertz CT molecular complexity index is 593. The highest BCUT2D eigenvalue weighted by Gasteiger charge is 2.19. The zero-order valence-corrected chi connectivity index (χ0v) is 14.0. The van der Waals surface area contributed by atoms with Crippen molar-refractivity contribution in [3.05, 3.63) is 22.2 Å². The number of hydrogen-bond donors (Lipinski definition) is 1. The van der Waals surface area contributed by atoms with Gasteiger partial charge in [-0.3, -0.25) is 4.79 Å². The highest BCUT2D eigenvalue weighted by atomic mass is 35.7. The van der Waals surface area contributed by atoms with Gasteiger partial charge in [0.1, 0.15) is 0 Å². The number of halogens is 3. The molecule has 1 unspecified atom stereocenters. The zero-order chi connectivity index (χ0) is 15.5. The lowest BCUT2D eigenvalue weighted by Crippen LogP contribution is -2.20. The predicted molar refractivity (Wildman–Crippen MR) is 82.2 cm³/mol. The fraction of sp³-hybridized carbons (Fsp3) is 0.417. The fourth-order valence-electron chi connectivity index (χ4n) is 1.62. The van der Waals surface area contributed by atoms with E-state index in [2.05, 4.69) is 5.32 Å². The molecule has 1 atom stereocenters. The number of amides is 1. The van der Waals surface area contributed by atoms with E-state index in [-0.39, 0.29) is 32.5 Å². The molecule has 0 bridgehead atoms. The summed E-state index contributed by atoms with van der Waals surface area (Å²) in [5.74, 6) is -0.416. The summed E-state index contributed by atoms with van der Waals surface area (Å²) in [6.07, 6.45) is 1.61. The third-order valence-corrected chi connectivity index (χ3v) is 4.64. The highest BCUT2D eigenvalue weighted by Crippen LogP contribution is 2.34. The maximum absolute atomic E-state index is 11.9. The van der Waals surface area contributed by atoms with Crippen molar-refractivity contribution < 1.29 is 13.2 Å². The van der Waals surface area contributed by atoms with Gasteiger partial charge in [0, 0.05) is 16.6 Å². The minimum absolute atomic E-state index is 0.0220. The molecule has 0 aliphatic rings. The summed E-state index contributed by atoms with van der Waals surface area (Å²) in [6.45, 7) is 3.77. The lowest BCUT2D eigenvalue weighted by atomic mass is 10.1. The summed E-state index contributed by atoms with van der Waals surface area (Å²) >= 11 is 11.9. The number of hydrogen-bond acceptors (Lipinski definition) is 3. The molecule has 0 saturated carbocycles. The lowest BCUT2D eigenvalue weighted by molar-refractivity contribution is -0.119. The van der Waals surface area contributed by atoms with Crippen molar-refractivity contribution in [1.29, 1.82) is 0 Å². The molecule has 0 saturated heterocycles. The van der Waals surface area contributed by atoms with Crippen molar-refractivity contribution in [3.63, 3.8) is 0 Å². The SMILES string of the molecule is CCCC(C)C(=O)Nc1c(Cl)cc(S(=O)(=O)Cl)cc1Cl. The van der Waals surface area contributed by atoms with Crippen LogP contribution in [0.1, 0.15) is 26.7 Å². The van der Waals surface area contributed by atoms with Gasteiger partial charge in [-0.25, -0.2) is 8.42 Å². The predicted octanol–water partition coefficient (Wildman–Crippen LogP) is 4.30. The monoisotopic (exact) mass is 357 g/mol. The first-order valence-electron chi connectivity index (χ1n) is 5.91. The Balaban J connectivity index is 3.07. The fourth-order valence-corrected chi connectivity index (χ4v) is 3.12. The molecule has 0 spiro atoms. The van der Waals surface area contributed by atoms with Crippen LogP contribution >= 0.6 is 33.9 Å². The van der Waals surface area contributed by atoms with E-state index in [0.29, 0.717) is 0 Å². The van der Waals surface area contributed by atoms with Crippen LogP contribution in [-0.2, 0) is 13.8 Å². The molecule has 0 aromatic heterocycles. The summed E-state index contributed by atoms with van der Waals surface area (Å²) < 4.78 is 22.5. The van der Waals surface area contributed by atoms with Crippen molar-refractivity contribution in [1.82, 2.24) is 0 Å². The van der Waals surface area contributed by atoms with E-state index in [1.54, 1.807) is 6.92 Å². The number of carbonyl (C=O) groups excluding carboxylic acids is 1. The first-order chi connectivity index (χ1) is 9.16. The molecule has 1 aromatic carbocycles. The van der Waals surface area contributed by atoms with E-state index in [9.17, 15) is 13.2 Å². The molecule has 4 nitrogen and oxygen atoms in total. The second kappa shape index (κ2) is 6.98. The standard InChI is InChI=1S/C12H14Cl3NO3S/c1-3-4-7(2)12(17)16-11-9(13)5-8(6-10(11)14)20(15,18)19/h5-7H,3-4H2,1-2H3,(H,16,17). The van der Waals surface area contributed by atoms with Crippen molar-refractivity contribution in [2.75, 3.05) is 5.32 Å². The van der Waals surface area contributed by atoms with Crippen LogP contribution in [0.25, 0.3) is 0 Å². The van der Waals surface area contributed by atoms with Gasteiger partial charge in [0.2, 0.25) is 5.91 Å². The van der Waals surface area contributed by atoms with Gasteiger partial charge in [-0.15, -0.1) is 0 Å². The van der Waals surface area contributed by atoms with Gasteiger partial charge in [-0.05, 0) is 18.6 Å². The maximum Gasteiger partial charge on any atom is 0.261 e. The Kier molecular flexibility index (Phi) is 6.13. The lowest BCUT2D eigenvalue weighted by Gasteiger charge is -2.14. The van der Waals surface area contributed by atoms with E-state index in [0.717, 1.165) is 25.0 Å². The molecule has 1 N–H and O–H groups in total. The number of nitrogens with one attached hydrogen (secondary N) is 1. The molecular weight excluding hydrogens is 345 g/mol. The summed E-state index contributed by atoms with van der Waals surface area (Å²) in [5, 5.41) is 2.65. The van der Waals surface area contributed by atoms with Crippen LogP contribution in [0.15, 0.2) is 17.0 Å². The minimum Gasteiger partial charge on any atom is -0.323 e. The summed E-state index contributed by atoms with van der Waals surface area (Å²) in [6, 6.07) is 2.30. The van der Waals surface area contributed by atoms with Crippen molar-refractivity contribution in [3.8, 4) is 0 Å². The number of rotatable bonds is 5. The van der Waals surface area contributed by atoms with Crippen LogP contribution in [0.3, 0.4) is 0 Å². The van der Waals surface area contributed by atoms with E-state index >= 15 is 0 Å². The van der Waals surface area contributed by atoms with Crippen LogP contribution in [0, 0.1) is 5.92 Å². The second-order valence-corrected chi connectivity index (χ2v) is 7.76. The van der Waals surface area contributed by atoms with Crippen LogP contribution < -0.4 is 5.32 Å². The topological polar surface area (TPSA) is 63.2 Å². The average Bonchev–Trinajstić information content (AvgIpc) is 2.32. The summed E-state index contributed by atoms with van der Waals surface area (Å²) in [7, 11) is 1.29. The van der Waals surface area contributed by atoms with Gasteiger partial charge in [-0.1, -0.05) is 43.5 Å². The number of benzene rings is 1. The molecule has 20 heavy (non-hydrogen) atoms. The Labute approximate surface area is 132 Å². The van der Waals surface area contributed by atoms with Crippen molar-refractivity contribution in [2.45, 2.75) is 31.6 Å². The average molecular weight is 359 g/mol. The van der Waals surface area contributed by atoms with Crippen LogP contribution in [0.4, 0.5) is 5.69 Å². The molecule has 0 aliphatic heterocycles. The normalized spacial score (nSPS) is 13.1. The summed E-state index contributed by atoms with van der Waals surface area (Å²) in [4.78, 5) is 11.7. The minimum atomic E-state index is -3.93. The molecule has 1 amide bonds. The van der Waals surface area contributed by atoms with Crippen LogP contribution in [-0.4, -0.2) is 14.3 Å². The molecule has 0 radical (unpaired) electrons. The van der Waals surface area contributed by atoms with E-state index in [1.165, 1.54) is 0 Å². The zero-order valence-electron chi connectivity index (χ0n) is 10.9. The number of anilines is 1. The van der Waals surface area contributed by atoms with Crippen LogP contribution in [0.2, 0.25) is 10.0 Å². The Morgan fingerprint density at radius 2 is 1.80 bits per heavy atom. The largest absolute Gasteiger partial charge is 0.323 e. The Morgan fingerprint density at radius 1 is 1.30 bits per heavy atom. The third kappa shape index (κ3) is 4.52. The molecule has 0 heterocycles. The van der Waals surface area contributed by atoms with E-state index in [1.807, 2.05) is 6.92 Å². The van der Waals surface area contributed by atoms with E-state index < -0.39 is 9.05 Å². The quantitative estimate of drug-likeness (QED) is 0.798. The van der Waals surface area contributed by atoms with Crippen LogP contribution in [0.5, 0.6) is 0 Å². The third-order valence-electron chi connectivity index (χ3n) is 2.71. The van der Waals surface area contributed by atoms with E-state index in [4.69, 9.17) is 33.9 Å². The van der Waals surface area contributed by atoms with Gasteiger partial charge in [-0.2, -0.15) is 0 Å². The molecular formula is C12H14Cl3NO3S. The first kappa shape index (κ1) is 17.6.